The van der Waals surface area contributed by atoms with E-state index >= 15 is 0 Å². The Kier molecular flexibility index (Phi) is 6.69. The molecule has 10 nitrogen and oxygen atoms in total. The van der Waals surface area contributed by atoms with E-state index in [2.05, 4.69) is 41.0 Å². The van der Waals surface area contributed by atoms with Gasteiger partial charge in [0.25, 0.3) is 5.91 Å². The van der Waals surface area contributed by atoms with Gasteiger partial charge in [-0.2, -0.15) is 4.98 Å². The molecule has 0 unspecified atom stereocenters. The lowest BCUT2D eigenvalue weighted by Gasteiger charge is -2.39. The van der Waals surface area contributed by atoms with Crippen molar-refractivity contribution < 1.29 is 4.79 Å². The average Bonchev–Trinajstić information content (AvgIpc) is 3.54. The van der Waals surface area contributed by atoms with Gasteiger partial charge in [-0.1, -0.05) is 12.8 Å². The fourth-order valence-corrected chi connectivity index (χ4v) is 5.76. The van der Waals surface area contributed by atoms with Crippen LogP contribution in [-0.2, 0) is 0 Å². The van der Waals surface area contributed by atoms with E-state index in [1.807, 2.05) is 18.3 Å². The molecule has 37 heavy (non-hydrogen) atoms. The van der Waals surface area contributed by atoms with Crippen LogP contribution in [0.15, 0.2) is 30.6 Å². The van der Waals surface area contributed by atoms with E-state index in [0.717, 1.165) is 62.3 Å². The second-order valence-electron chi connectivity index (χ2n) is 10.8. The number of pyridine rings is 1. The Morgan fingerprint density at radius 2 is 1.86 bits per heavy atom. The summed E-state index contributed by atoms with van der Waals surface area (Å²) in [5.74, 6) is 1.20. The Bertz CT molecular complexity index is 1240. The van der Waals surface area contributed by atoms with Gasteiger partial charge in [0.15, 0.2) is 0 Å². The van der Waals surface area contributed by atoms with Crippen LogP contribution < -0.4 is 15.5 Å². The second kappa shape index (κ2) is 10.3. The van der Waals surface area contributed by atoms with E-state index < -0.39 is 0 Å². The van der Waals surface area contributed by atoms with Crippen molar-refractivity contribution in [3.8, 4) is 0 Å². The lowest BCUT2D eigenvalue weighted by atomic mass is 10.1. The summed E-state index contributed by atoms with van der Waals surface area (Å²) in [4.78, 5) is 33.5. The zero-order chi connectivity index (χ0) is 25.4. The van der Waals surface area contributed by atoms with Gasteiger partial charge in [-0.15, -0.1) is 0 Å². The van der Waals surface area contributed by atoms with Crippen molar-refractivity contribution >= 4 is 34.4 Å². The molecule has 1 aliphatic carbocycles. The highest BCUT2D eigenvalue weighted by molar-refractivity contribution is 5.97. The molecule has 2 aliphatic heterocycles. The molecular weight excluding hydrogens is 466 g/mol. The lowest BCUT2D eigenvalue weighted by Crippen LogP contribution is -2.54. The van der Waals surface area contributed by atoms with E-state index in [9.17, 15) is 4.79 Å². The number of amides is 1. The highest BCUT2D eigenvalue weighted by atomic mass is 16.2. The van der Waals surface area contributed by atoms with Crippen molar-refractivity contribution in [2.45, 2.75) is 44.2 Å². The first-order valence-electron chi connectivity index (χ1n) is 13.6. The van der Waals surface area contributed by atoms with Crippen LogP contribution >= 0.6 is 0 Å². The molecule has 196 valence electrons. The van der Waals surface area contributed by atoms with Crippen LogP contribution in [0.25, 0.3) is 11.0 Å². The standard InChI is InChI=1S/C27H37N9O/c1-33(2)26(37)23-15-19-16-30-27(32-25(19)36(23)21-5-3-4-6-21)31-24-8-7-22(17-29-24)35-13-11-34(12-14-35)18-20-9-10-28-20/h7-8,15-17,20-21,28H,3-6,9-14,18H2,1-2H3,(H,29,30,31,32)/t20-/m1/s1. The largest absolute Gasteiger partial charge is 0.368 e. The van der Waals surface area contributed by atoms with Crippen molar-refractivity contribution in [1.82, 2.24) is 34.6 Å². The SMILES string of the molecule is CN(C)C(=O)c1cc2cnc(Nc3ccc(N4CCN(C[C@H]5CCN5)CC4)cn3)nc2n1C1CCCC1. The van der Waals surface area contributed by atoms with Gasteiger partial charge in [-0.3, -0.25) is 9.69 Å². The Balaban J connectivity index is 1.16. The van der Waals surface area contributed by atoms with Crippen LogP contribution in [0.5, 0.6) is 0 Å². The summed E-state index contributed by atoms with van der Waals surface area (Å²) in [5, 5.41) is 7.66. The number of carbonyl (C=O) groups excluding carboxylic acids is 1. The van der Waals surface area contributed by atoms with Gasteiger partial charge >= 0.3 is 0 Å². The van der Waals surface area contributed by atoms with E-state index in [4.69, 9.17) is 4.98 Å². The van der Waals surface area contributed by atoms with Crippen LogP contribution in [0, 0.1) is 0 Å². The molecule has 1 amide bonds. The molecule has 5 heterocycles. The van der Waals surface area contributed by atoms with Gasteiger partial charge in [0.1, 0.15) is 17.2 Å². The smallest absolute Gasteiger partial charge is 0.270 e. The third-order valence-electron chi connectivity index (χ3n) is 8.02. The summed E-state index contributed by atoms with van der Waals surface area (Å²) in [6, 6.07) is 7.01. The third-order valence-corrected chi connectivity index (χ3v) is 8.02. The predicted molar refractivity (Wildman–Crippen MR) is 146 cm³/mol. The van der Waals surface area contributed by atoms with E-state index in [1.54, 1.807) is 25.2 Å². The molecule has 0 radical (unpaired) electrons. The number of anilines is 3. The average molecular weight is 504 g/mol. The molecule has 10 heteroatoms. The van der Waals surface area contributed by atoms with Crippen LogP contribution in [0.2, 0.25) is 0 Å². The highest BCUT2D eigenvalue weighted by Crippen LogP contribution is 2.35. The van der Waals surface area contributed by atoms with Crippen molar-refractivity contribution in [3.63, 3.8) is 0 Å². The third kappa shape index (κ3) is 5.00. The van der Waals surface area contributed by atoms with Crippen LogP contribution in [0.4, 0.5) is 17.5 Å². The summed E-state index contributed by atoms with van der Waals surface area (Å²) in [5.41, 5.74) is 2.64. The van der Waals surface area contributed by atoms with Gasteiger partial charge in [-0.05, 0) is 44.0 Å². The number of aromatic nitrogens is 4. The number of nitrogens with one attached hydrogen (secondary N) is 2. The van der Waals surface area contributed by atoms with E-state index in [-0.39, 0.29) is 5.91 Å². The minimum Gasteiger partial charge on any atom is -0.368 e. The van der Waals surface area contributed by atoms with Gasteiger partial charge in [0.2, 0.25) is 5.95 Å². The summed E-state index contributed by atoms with van der Waals surface area (Å²) in [6.45, 7) is 6.55. The summed E-state index contributed by atoms with van der Waals surface area (Å²) in [7, 11) is 3.58. The summed E-state index contributed by atoms with van der Waals surface area (Å²) < 4.78 is 2.13. The lowest BCUT2D eigenvalue weighted by molar-refractivity contribution is 0.0815. The van der Waals surface area contributed by atoms with Gasteiger partial charge in [0, 0.05) is 70.5 Å². The number of piperazine rings is 1. The zero-order valence-corrected chi connectivity index (χ0v) is 21.9. The zero-order valence-electron chi connectivity index (χ0n) is 21.9. The first kappa shape index (κ1) is 24.1. The first-order chi connectivity index (χ1) is 18.0. The molecule has 0 bridgehead atoms. The predicted octanol–water partition coefficient (Wildman–Crippen LogP) is 2.87. The molecule has 2 saturated heterocycles. The Morgan fingerprint density at radius 3 is 2.51 bits per heavy atom. The Labute approximate surface area is 218 Å². The maximum Gasteiger partial charge on any atom is 0.270 e. The van der Waals surface area contributed by atoms with Gasteiger partial charge in [-0.25, -0.2) is 9.97 Å². The molecule has 3 aromatic rings. The fraction of sp³-hybridized carbons (Fsp3) is 0.556. The number of rotatable bonds is 7. The van der Waals surface area contributed by atoms with Crippen molar-refractivity contribution in [3.05, 3.63) is 36.3 Å². The molecule has 0 aromatic carbocycles. The Hall–Kier alpha value is -3.24. The Morgan fingerprint density at radius 1 is 1.08 bits per heavy atom. The van der Waals surface area contributed by atoms with Crippen molar-refractivity contribution in [2.75, 3.05) is 63.6 Å². The number of hydrogen-bond donors (Lipinski definition) is 2. The van der Waals surface area contributed by atoms with Crippen LogP contribution in [0.1, 0.15) is 48.6 Å². The highest BCUT2D eigenvalue weighted by Gasteiger charge is 2.27. The van der Waals surface area contributed by atoms with Crippen LogP contribution in [-0.4, -0.2) is 94.6 Å². The van der Waals surface area contributed by atoms with Gasteiger partial charge in [0.05, 0.1) is 11.9 Å². The molecule has 3 fully saturated rings. The van der Waals surface area contributed by atoms with Crippen molar-refractivity contribution in [1.29, 1.82) is 0 Å². The second-order valence-corrected chi connectivity index (χ2v) is 10.8. The maximum absolute atomic E-state index is 12.9. The minimum atomic E-state index is -0.00259. The first-order valence-corrected chi connectivity index (χ1v) is 13.6. The number of fused-ring (bicyclic) bond motifs is 1. The molecule has 0 spiro atoms. The number of nitrogens with zero attached hydrogens (tertiary/aromatic N) is 7. The molecule has 2 N–H and O–H groups in total. The fourth-order valence-electron chi connectivity index (χ4n) is 5.76. The minimum absolute atomic E-state index is 0.00259. The topological polar surface area (TPSA) is 94.5 Å². The molecule has 6 rings (SSSR count). The number of carbonyl (C=O) groups is 1. The number of hydrogen-bond acceptors (Lipinski definition) is 8. The monoisotopic (exact) mass is 503 g/mol. The molecule has 1 saturated carbocycles. The summed E-state index contributed by atoms with van der Waals surface area (Å²) in [6.07, 6.45) is 9.53. The quantitative estimate of drug-likeness (QED) is 0.508. The molecule has 3 aromatic heterocycles. The molecular formula is C27H37N9O. The van der Waals surface area contributed by atoms with Crippen molar-refractivity contribution in [2.24, 2.45) is 0 Å². The summed E-state index contributed by atoms with van der Waals surface area (Å²) >= 11 is 0. The maximum atomic E-state index is 12.9. The molecule has 3 aliphatic rings. The van der Waals surface area contributed by atoms with Crippen LogP contribution in [0.3, 0.4) is 0 Å². The normalized spacial score (nSPS) is 20.8. The van der Waals surface area contributed by atoms with Gasteiger partial charge < -0.3 is 25.0 Å². The van der Waals surface area contributed by atoms with E-state index in [1.165, 1.54) is 25.8 Å². The molecule has 1 atom stereocenters. The van der Waals surface area contributed by atoms with E-state index in [0.29, 0.717) is 29.5 Å².